The van der Waals surface area contributed by atoms with Gasteiger partial charge in [-0.15, -0.1) is 11.3 Å². The molecule has 5 aliphatic rings. The highest BCUT2D eigenvalue weighted by atomic mass is 32.1. The smallest absolute Gasteiger partial charge is 0.266 e. The molecule has 4 fully saturated rings. The predicted octanol–water partition coefficient (Wildman–Crippen LogP) is 4.80. The summed E-state index contributed by atoms with van der Waals surface area (Å²) in [6.45, 7) is 2.27. The third-order valence-corrected chi connectivity index (χ3v) is 8.48. The number of amides is 1. The Kier molecular flexibility index (Phi) is 3.99. The Labute approximate surface area is 154 Å². The summed E-state index contributed by atoms with van der Waals surface area (Å²) >= 11 is 1.69. The number of hydrogen-bond donors (Lipinski definition) is 1. The van der Waals surface area contributed by atoms with Crippen molar-refractivity contribution in [1.82, 2.24) is 5.43 Å². The molecule has 0 aromatic carbocycles. The highest BCUT2D eigenvalue weighted by Gasteiger charge is 2.46. The van der Waals surface area contributed by atoms with Crippen molar-refractivity contribution in [3.05, 3.63) is 21.4 Å². The van der Waals surface area contributed by atoms with E-state index >= 15 is 0 Å². The Morgan fingerprint density at radius 2 is 1.92 bits per heavy atom. The van der Waals surface area contributed by atoms with Gasteiger partial charge >= 0.3 is 0 Å². The molecule has 1 atom stereocenters. The number of aryl methyl sites for hydroxylation is 1. The lowest BCUT2D eigenvalue weighted by atomic mass is 9.55. The minimum Gasteiger partial charge on any atom is -0.266 e. The number of thiophene rings is 1. The van der Waals surface area contributed by atoms with Crippen LogP contribution < -0.4 is 5.43 Å². The highest BCUT2D eigenvalue weighted by Crippen LogP contribution is 2.52. The van der Waals surface area contributed by atoms with Crippen LogP contribution in [0.25, 0.3) is 0 Å². The first-order chi connectivity index (χ1) is 12.2. The zero-order valence-corrected chi connectivity index (χ0v) is 15.9. The van der Waals surface area contributed by atoms with Gasteiger partial charge in [0.1, 0.15) is 0 Å². The highest BCUT2D eigenvalue weighted by molar-refractivity contribution is 7.14. The van der Waals surface area contributed by atoms with Crippen molar-refractivity contribution >= 4 is 23.0 Å². The Balaban J connectivity index is 1.29. The molecular weight excluding hydrogens is 328 g/mol. The van der Waals surface area contributed by atoms with E-state index in [0.29, 0.717) is 11.8 Å². The van der Waals surface area contributed by atoms with Crippen LogP contribution in [0, 0.1) is 29.6 Å². The first-order valence-electron chi connectivity index (χ1n) is 10.2. The van der Waals surface area contributed by atoms with Crippen LogP contribution in [0.3, 0.4) is 0 Å². The van der Waals surface area contributed by atoms with Crippen molar-refractivity contribution in [2.45, 2.75) is 64.7 Å². The summed E-state index contributed by atoms with van der Waals surface area (Å²) in [5, 5.41) is 4.66. The molecule has 1 amide bonds. The Hall–Kier alpha value is -1.16. The molecule has 1 N–H and O–H groups in total. The lowest BCUT2D eigenvalue weighted by molar-refractivity contribution is 0.0946. The van der Waals surface area contributed by atoms with Gasteiger partial charge in [0.05, 0.1) is 4.88 Å². The predicted molar refractivity (Wildman–Crippen MR) is 102 cm³/mol. The SMILES string of the molecule is CC[C@@H]1CCc2sc(C(=O)NN=C3C4CC5CC(C4)CC3C5)cc2C1. The molecule has 5 aliphatic carbocycles. The second-order valence-electron chi connectivity index (χ2n) is 8.86. The average molecular weight is 357 g/mol. The van der Waals surface area contributed by atoms with Crippen LogP contribution in [0.1, 0.15) is 72.0 Å². The molecule has 4 bridgehead atoms. The van der Waals surface area contributed by atoms with Gasteiger partial charge in [0, 0.05) is 10.6 Å². The number of nitrogens with zero attached hydrogens (tertiary/aromatic N) is 1. The first kappa shape index (κ1) is 16.0. The van der Waals surface area contributed by atoms with E-state index < -0.39 is 0 Å². The molecule has 1 aromatic rings. The minimum absolute atomic E-state index is 0.00811. The van der Waals surface area contributed by atoms with Crippen molar-refractivity contribution < 1.29 is 4.79 Å². The fourth-order valence-corrected chi connectivity index (χ4v) is 7.18. The molecule has 4 saturated carbocycles. The van der Waals surface area contributed by atoms with Gasteiger partial charge in [0.2, 0.25) is 0 Å². The molecule has 4 heteroatoms. The number of carbonyl (C=O) groups excluding carboxylic acids is 1. The van der Waals surface area contributed by atoms with E-state index in [1.807, 2.05) is 0 Å². The van der Waals surface area contributed by atoms with Crippen LogP contribution in [0.15, 0.2) is 11.2 Å². The number of nitrogens with one attached hydrogen (secondary N) is 1. The third-order valence-electron chi connectivity index (χ3n) is 7.25. The summed E-state index contributed by atoms with van der Waals surface area (Å²) in [5.41, 5.74) is 5.65. The zero-order chi connectivity index (χ0) is 17.0. The third kappa shape index (κ3) is 2.87. The molecule has 3 nitrogen and oxygen atoms in total. The Morgan fingerprint density at radius 3 is 2.60 bits per heavy atom. The number of fused-ring (bicyclic) bond motifs is 1. The number of rotatable bonds is 3. The molecule has 1 aromatic heterocycles. The van der Waals surface area contributed by atoms with Crippen LogP contribution in [0.2, 0.25) is 0 Å². The maximum atomic E-state index is 12.6. The topological polar surface area (TPSA) is 41.5 Å². The van der Waals surface area contributed by atoms with Crippen LogP contribution in [0.4, 0.5) is 0 Å². The monoisotopic (exact) mass is 356 g/mol. The van der Waals surface area contributed by atoms with Gasteiger partial charge in [-0.1, -0.05) is 13.3 Å². The summed E-state index contributed by atoms with van der Waals surface area (Å²) in [4.78, 5) is 14.9. The first-order valence-corrected chi connectivity index (χ1v) is 11.0. The Bertz CT molecular complexity index is 689. The molecule has 0 spiro atoms. The van der Waals surface area contributed by atoms with Gasteiger partial charge in [-0.05, 0) is 92.6 Å². The largest absolute Gasteiger partial charge is 0.281 e. The van der Waals surface area contributed by atoms with Crippen molar-refractivity contribution in [1.29, 1.82) is 0 Å². The van der Waals surface area contributed by atoms with E-state index in [1.54, 1.807) is 11.3 Å². The molecule has 25 heavy (non-hydrogen) atoms. The Morgan fingerprint density at radius 1 is 1.20 bits per heavy atom. The fourth-order valence-electron chi connectivity index (χ4n) is 6.08. The molecule has 0 saturated heterocycles. The van der Waals surface area contributed by atoms with E-state index in [-0.39, 0.29) is 5.91 Å². The van der Waals surface area contributed by atoms with E-state index in [4.69, 9.17) is 0 Å². The quantitative estimate of drug-likeness (QED) is 0.776. The van der Waals surface area contributed by atoms with E-state index in [9.17, 15) is 4.79 Å². The van der Waals surface area contributed by atoms with Crippen LogP contribution >= 0.6 is 11.3 Å². The van der Waals surface area contributed by atoms with Gasteiger partial charge in [-0.3, -0.25) is 4.79 Å². The fraction of sp³-hybridized carbons (Fsp3) is 0.714. The van der Waals surface area contributed by atoms with Crippen LogP contribution in [0.5, 0.6) is 0 Å². The lowest BCUT2D eigenvalue weighted by Gasteiger charge is -2.50. The van der Waals surface area contributed by atoms with Gasteiger partial charge in [-0.2, -0.15) is 5.10 Å². The van der Waals surface area contributed by atoms with Crippen molar-refractivity contribution in [2.75, 3.05) is 0 Å². The summed E-state index contributed by atoms with van der Waals surface area (Å²) < 4.78 is 0. The standard InChI is InChI=1S/C21H28N2OS/c1-2-12-3-4-18-15(6-12)11-19(25-18)21(24)23-22-20-16-7-13-5-14(9-16)10-17(20)8-13/h11-14,16-17H,2-10H2,1H3,(H,23,24)/t12-,13?,14?,16?,17?/m1/s1. The van der Waals surface area contributed by atoms with Gasteiger partial charge in [0.25, 0.3) is 5.91 Å². The van der Waals surface area contributed by atoms with Crippen molar-refractivity contribution in [2.24, 2.45) is 34.7 Å². The minimum atomic E-state index is 0.00811. The van der Waals surface area contributed by atoms with Gasteiger partial charge < -0.3 is 0 Å². The lowest BCUT2D eigenvalue weighted by Crippen LogP contribution is -2.46. The molecule has 1 heterocycles. The van der Waals surface area contributed by atoms with Gasteiger partial charge in [0.15, 0.2) is 0 Å². The molecule has 6 rings (SSSR count). The summed E-state index contributed by atoms with van der Waals surface area (Å²) in [6, 6.07) is 2.13. The molecule has 134 valence electrons. The van der Waals surface area contributed by atoms with E-state index in [1.165, 1.54) is 61.1 Å². The maximum absolute atomic E-state index is 12.6. The second-order valence-corrected chi connectivity index (χ2v) is 9.99. The summed E-state index contributed by atoms with van der Waals surface area (Å²) in [6.07, 6.45) is 11.5. The van der Waals surface area contributed by atoms with Crippen molar-refractivity contribution in [3.8, 4) is 0 Å². The normalized spacial score (nSPS) is 35.6. The number of hydrogen-bond acceptors (Lipinski definition) is 3. The van der Waals surface area contributed by atoms with E-state index in [2.05, 4.69) is 23.5 Å². The van der Waals surface area contributed by atoms with Gasteiger partial charge in [-0.25, -0.2) is 5.43 Å². The molecular formula is C21H28N2OS. The zero-order valence-electron chi connectivity index (χ0n) is 15.1. The van der Waals surface area contributed by atoms with Crippen molar-refractivity contribution in [3.63, 3.8) is 0 Å². The average Bonchev–Trinajstić information content (AvgIpc) is 3.03. The van der Waals surface area contributed by atoms with Crippen LogP contribution in [-0.2, 0) is 12.8 Å². The summed E-state index contributed by atoms with van der Waals surface area (Å²) in [7, 11) is 0. The van der Waals surface area contributed by atoms with E-state index in [0.717, 1.165) is 35.5 Å². The molecule has 0 radical (unpaired) electrons. The molecule has 0 aliphatic heterocycles. The number of hydrazone groups is 1. The number of carbonyl (C=O) groups is 1. The maximum Gasteiger partial charge on any atom is 0.281 e. The molecule has 0 unspecified atom stereocenters. The second kappa shape index (κ2) is 6.22. The summed E-state index contributed by atoms with van der Waals surface area (Å²) in [5.74, 6) is 3.98. The van der Waals surface area contributed by atoms with Crippen LogP contribution in [-0.4, -0.2) is 11.6 Å².